The summed E-state index contributed by atoms with van der Waals surface area (Å²) in [6, 6.07) is 22.4. The van der Waals surface area contributed by atoms with E-state index in [1.54, 1.807) is 18.2 Å². The zero-order valence-corrected chi connectivity index (χ0v) is 23.8. The van der Waals surface area contributed by atoms with Gasteiger partial charge >= 0.3 is 5.97 Å². The first-order valence-electron chi connectivity index (χ1n) is 14.1. The van der Waals surface area contributed by atoms with E-state index in [9.17, 15) is 14.7 Å². The number of methoxy groups -OCH3 is 1. The molecule has 212 valence electrons. The van der Waals surface area contributed by atoms with E-state index in [4.69, 9.17) is 9.73 Å². The zero-order chi connectivity index (χ0) is 28.9. The molecule has 8 nitrogen and oxygen atoms in total. The van der Waals surface area contributed by atoms with Gasteiger partial charge < -0.3 is 19.7 Å². The Balaban J connectivity index is 1.50. The number of nitrogens with one attached hydrogen (secondary N) is 1. The molecular weight excluding hydrogens is 516 g/mol. The molecule has 0 radical (unpaired) electrons. The number of carbonyl (C=O) groups is 2. The van der Waals surface area contributed by atoms with Crippen molar-refractivity contribution in [2.45, 2.75) is 39.2 Å². The lowest BCUT2D eigenvalue weighted by Crippen LogP contribution is -2.45. The maximum atomic E-state index is 13.3. The van der Waals surface area contributed by atoms with Crippen LogP contribution in [0.4, 0.5) is 11.4 Å². The maximum Gasteiger partial charge on any atom is 0.337 e. The van der Waals surface area contributed by atoms with Crippen LogP contribution in [0.1, 0.15) is 54.6 Å². The van der Waals surface area contributed by atoms with Crippen molar-refractivity contribution in [1.29, 1.82) is 0 Å². The summed E-state index contributed by atoms with van der Waals surface area (Å²) < 4.78 is 4.85. The molecule has 2 N–H and O–H groups in total. The number of benzene rings is 3. The number of hydrogen-bond donors (Lipinski definition) is 2. The standard InChI is InChI=1S/C33H36N4O4/c1-22(2)37(29(38)21-36-18-8-5-9-19-36)26-15-13-25(14-16-26)34-31(23-10-6-4-7-11-23)30-27-17-12-24(33(40)41-3)20-28(27)35-32(30)39/h4,6-7,10-17,20,22,35,39H,5,8-9,18-19,21H2,1-3H3. The lowest BCUT2D eigenvalue weighted by atomic mass is 10.00. The van der Waals surface area contributed by atoms with Gasteiger partial charge in [0.15, 0.2) is 5.88 Å². The lowest BCUT2D eigenvalue weighted by Gasteiger charge is -2.31. The van der Waals surface area contributed by atoms with Crippen molar-refractivity contribution in [2.24, 2.45) is 4.99 Å². The van der Waals surface area contributed by atoms with Crippen LogP contribution < -0.4 is 4.90 Å². The third-order valence-corrected chi connectivity index (χ3v) is 7.45. The normalized spacial score (nSPS) is 14.4. The van der Waals surface area contributed by atoms with Crippen molar-refractivity contribution in [3.05, 3.63) is 89.5 Å². The monoisotopic (exact) mass is 552 g/mol. The largest absolute Gasteiger partial charge is 0.494 e. The SMILES string of the molecule is COC(=O)c1ccc2c(C(=Nc3ccc(N(C(=O)CN4CCCCC4)C(C)C)cc3)c3ccccc3)c(O)[nH]c2c1. The summed E-state index contributed by atoms with van der Waals surface area (Å²) in [5.74, 6) is -0.405. The summed E-state index contributed by atoms with van der Waals surface area (Å²) in [5.41, 5.74) is 4.42. The van der Waals surface area contributed by atoms with Gasteiger partial charge in [-0.05, 0) is 76.2 Å². The van der Waals surface area contributed by atoms with Gasteiger partial charge in [-0.2, -0.15) is 0 Å². The number of aromatic nitrogens is 1. The summed E-state index contributed by atoms with van der Waals surface area (Å²) in [6.45, 7) is 6.42. The molecule has 0 aliphatic carbocycles. The summed E-state index contributed by atoms with van der Waals surface area (Å²) in [4.78, 5) is 37.4. The first-order chi connectivity index (χ1) is 19.9. The topological polar surface area (TPSA) is 98.2 Å². The molecule has 0 unspecified atom stereocenters. The molecule has 1 aliphatic rings. The van der Waals surface area contributed by atoms with Crippen molar-refractivity contribution < 1.29 is 19.4 Å². The van der Waals surface area contributed by atoms with Gasteiger partial charge in [0.1, 0.15) is 0 Å². The van der Waals surface area contributed by atoms with E-state index in [1.807, 2.05) is 73.3 Å². The van der Waals surface area contributed by atoms with Gasteiger partial charge in [-0.1, -0.05) is 42.8 Å². The van der Waals surface area contributed by atoms with Crippen LogP contribution in [0.15, 0.2) is 77.8 Å². The second kappa shape index (κ2) is 12.4. The quantitative estimate of drug-likeness (QED) is 0.205. The second-order valence-electron chi connectivity index (χ2n) is 10.6. The number of nitrogens with zero attached hydrogens (tertiary/aromatic N) is 3. The lowest BCUT2D eigenvalue weighted by molar-refractivity contribution is -0.120. The Bertz CT molecular complexity index is 1550. The van der Waals surface area contributed by atoms with E-state index >= 15 is 0 Å². The van der Waals surface area contributed by atoms with Crippen molar-refractivity contribution in [3.63, 3.8) is 0 Å². The number of aromatic amines is 1. The van der Waals surface area contributed by atoms with Crippen molar-refractivity contribution in [2.75, 3.05) is 31.6 Å². The number of ether oxygens (including phenoxy) is 1. The Labute approximate surface area is 240 Å². The number of aliphatic imine (C=N–C) groups is 1. The molecule has 3 aromatic carbocycles. The number of carbonyl (C=O) groups excluding carboxylic acids is 2. The van der Waals surface area contributed by atoms with Crippen LogP contribution in [-0.2, 0) is 9.53 Å². The van der Waals surface area contributed by atoms with E-state index in [2.05, 4.69) is 9.88 Å². The van der Waals surface area contributed by atoms with E-state index in [0.717, 1.165) is 42.6 Å². The summed E-state index contributed by atoms with van der Waals surface area (Å²) in [5, 5.41) is 11.7. The van der Waals surface area contributed by atoms with E-state index < -0.39 is 5.97 Å². The first kappa shape index (κ1) is 28.1. The van der Waals surface area contributed by atoms with Crippen molar-refractivity contribution >= 4 is 39.9 Å². The molecular formula is C33H36N4O4. The third-order valence-electron chi connectivity index (χ3n) is 7.45. The number of rotatable bonds is 8. The first-order valence-corrected chi connectivity index (χ1v) is 14.1. The number of piperidine rings is 1. The zero-order valence-electron chi connectivity index (χ0n) is 23.8. The predicted octanol–water partition coefficient (Wildman–Crippen LogP) is 6.06. The highest BCUT2D eigenvalue weighted by Crippen LogP contribution is 2.33. The van der Waals surface area contributed by atoms with E-state index in [-0.39, 0.29) is 17.8 Å². The molecule has 0 spiro atoms. The highest BCUT2D eigenvalue weighted by Gasteiger charge is 2.23. The molecule has 0 bridgehead atoms. The summed E-state index contributed by atoms with van der Waals surface area (Å²) in [7, 11) is 1.33. The maximum absolute atomic E-state index is 13.3. The number of esters is 1. The molecule has 1 aromatic heterocycles. The van der Waals surface area contributed by atoms with Gasteiger partial charge in [0.2, 0.25) is 5.91 Å². The number of aromatic hydroxyl groups is 1. The van der Waals surface area contributed by atoms with Gasteiger partial charge in [0.05, 0.1) is 36.2 Å². The van der Waals surface area contributed by atoms with Crippen LogP contribution in [0, 0.1) is 0 Å². The smallest absolute Gasteiger partial charge is 0.337 e. The van der Waals surface area contributed by atoms with Gasteiger partial charge in [-0.3, -0.25) is 9.69 Å². The minimum atomic E-state index is -0.454. The second-order valence-corrected chi connectivity index (χ2v) is 10.6. The van der Waals surface area contributed by atoms with E-state index in [0.29, 0.717) is 34.6 Å². The van der Waals surface area contributed by atoms with Crippen LogP contribution >= 0.6 is 0 Å². The van der Waals surface area contributed by atoms with Gasteiger partial charge in [-0.25, -0.2) is 9.79 Å². The molecule has 5 rings (SSSR count). The average molecular weight is 553 g/mol. The Morgan fingerprint density at radius 1 is 0.976 bits per heavy atom. The molecule has 1 saturated heterocycles. The summed E-state index contributed by atoms with van der Waals surface area (Å²) >= 11 is 0. The van der Waals surface area contributed by atoms with Crippen LogP contribution in [0.3, 0.4) is 0 Å². The molecule has 0 saturated carbocycles. The Kier molecular flexibility index (Phi) is 8.50. The Morgan fingerprint density at radius 2 is 1.68 bits per heavy atom. The molecule has 1 fully saturated rings. The fourth-order valence-electron chi connectivity index (χ4n) is 5.46. The highest BCUT2D eigenvalue weighted by atomic mass is 16.5. The number of hydrogen-bond acceptors (Lipinski definition) is 6. The van der Waals surface area contributed by atoms with Crippen LogP contribution in [-0.4, -0.2) is 65.4 Å². The fourth-order valence-corrected chi connectivity index (χ4v) is 5.46. The molecule has 8 heteroatoms. The Hall–Kier alpha value is -4.43. The number of anilines is 1. The fraction of sp³-hybridized carbons (Fsp3) is 0.303. The van der Waals surface area contributed by atoms with Crippen LogP contribution in [0.5, 0.6) is 5.88 Å². The van der Waals surface area contributed by atoms with Gasteiger partial charge in [-0.15, -0.1) is 0 Å². The van der Waals surface area contributed by atoms with Gasteiger partial charge in [0, 0.05) is 28.2 Å². The number of likely N-dealkylation sites (tertiary alicyclic amines) is 1. The molecule has 41 heavy (non-hydrogen) atoms. The van der Waals surface area contributed by atoms with Crippen molar-refractivity contribution in [1.82, 2.24) is 9.88 Å². The summed E-state index contributed by atoms with van der Waals surface area (Å²) in [6.07, 6.45) is 3.52. The van der Waals surface area contributed by atoms with Crippen molar-refractivity contribution in [3.8, 4) is 5.88 Å². The predicted molar refractivity (Wildman–Crippen MR) is 162 cm³/mol. The Morgan fingerprint density at radius 3 is 2.34 bits per heavy atom. The van der Waals surface area contributed by atoms with Crippen LogP contribution in [0.25, 0.3) is 10.9 Å². The molecule has 2 heterocycles. The number of fused-ring (bicyclic) bond motifs is 1. The average Bonchev–Trinajstić information content (AvgIpc) is 3.31. The molecule has 1 aliphatic heterocycles. The molecule has 0 atom stereocenters. The minimum absolute atomic E-state index is 0.0135. The number of amides is 1. The molecule has 1 amide bonds. The van der Waals surface area contributed by atoms with Crippen LogP contribution in [0.2, 0.25) is 0 Å². The molecule has 4 aromatic rings. The highest BCUT2D eigenvalue weighted by molar-refractivity contribution is 6.22. The van der Waals surface area contributed by atoms with Gasteiger partial charge in [0.25, 0.3) is 0 Å². The third kappa shape index (κ3) is 6.18. The minimum Gasteiger partial charge on any atom is -0.494 e. The van der Waals surface area contributed by atoms with E-state index in [1.165, 1.54) is 13.5 Å². The number of H-pyrrole nitrogens is 1.